The summed E-state index contributed by atoms with van der Waals surface area (Å²) in [4.78, 5) is 25.4. The number of fused-ring (bicyclic) bond motifs is 1. The van der Waals surface area contributed by atoms with Crippen LogP contribution in [0.5, 0.6) is 0 Å². The number of carbonyl (C=O) groups is 2. The molecule has 2 aliphatic rings. The van der Waals surface area contributed by atoms with Crippen molar-refractivity contribution in [1.29, 1.82) is 0 Å². The lowest BCUT2D eigenvalue weighted by Gasteiger charge is -2.21. The first-order valence-corrected chi connectivity index (χ1v) is 5.86. The molecule has 3 rings (SSSR count). The van der Waals surface area contributed by atoms with Crippen molar-refractivity contribution in [2.75, 3.05) is 0 Å². The summed E-state index contributed by atoms with van der Waals surface area (Å²) in [5.41, 5.74) is 0.159. The van der Waals surface area contributed by atoms with Gasteiger partial charge in [-0.3, -0.25) is 14.5 Å². The van der Waals surface area contributed by atoms with Crippen molar-refractivity contribution < 1.29 is 14.0 Å². The quantitative estimate of drug-likeness (QED) is 0.698. The van der Waals surface area contributed by atoms with Gasteiger partial charge in [0.05, 0.1) is 11.1 Å². The Kier molecular flexibility index (Phi) is 2.24. The van der Waals surface area contributed by atoms with Gasteiger partial charge < -0.3 is 0 Å². The molecule has 0 bridgehead atoms. The number of rotatable bonds is 1. The molecule has 0 atom stereocenters. The fourth-order valence-electron chi connectivity index (χ4n) is 2.76. The minimum absolute atomic E-state index is 0.0400. The molecule has 88 valence electrons. The summed E-state index contributed by atoms with van der Waals surface area (Å²) in [5.74, 6) is -1.40. The Balaban J connectivity index is 2.05. The highest BCUT2D eigenvalue weighted by Crippen LogP contribution is 2.32. The molecule has 3 nitrogen and oxygen atoms in total. The summed E-state index contributed by atoms with van der Waals surface area (Å²) < 4.78 is 13.6. The lowest BCUT2D eigenvalue weighted by Crippen LogP contribution is -2.38. The Morgan fingerprint density at radius 2 is 1.82 bits per heavy atom. The second-order valence-corrected chi connectivity index (χ2v) is 4.58. The van der Waals surface area contributed by atoms with Crippen LogP contribution < -0.4 is 0 Å². The van der Waals surface area contributed by atoms with E-state index in [0.717, 1.165) is 25.7 Å². The van der Waals surface area contributed by atoms with Crippen LogP contribution in [0, 0.1) is 5.82 Å². The number of amides is 2. The van der Waals surface area contributed by atoms with Gasteiger partial charge in [-0.05, 0) is 25.0 Å². The molecule has 0 saturated heterocycles. The third kappa shape index (κ3) is 1.40. The molecular formula is C13H12FNO2. The molecule has 1 aromatic carbocycles. The van der Waals surface area contributed by atoms with Crippen LogP contribution in [0.15, 0.2) is 18.2 Å². The van der Waals surface area contributed by atoms with Crippen LogP contribution in [0.1, 0.15) is 46.4 Å². The van der Waals surface area contributed by atoms with Gasteiger partial charge in [0.2, 0.25) is 0 Å². The smallest absolute Gasteiger partial charge is 0.264 e. The van der Waals surface area contributed by atoms with Gasteiger partial charge in [-0.2, -0.15) is 0 Å². The van der Waals surface area contributed by atoms with E-state index in [1.54, 1.807) is 0 Å². The SMILES string of the molecule is O=C1c2cccc(F)c2C(=O)N1C1CCCC1. The van der Waals surface area contributed by atoms with Gasteiger partial charge in [0, 0.05) is 6.04 Å². The number of carbonyl (C=O) groups excluding carboxylic acids is 2. The lowest BCUT2D eigenvalue weighted by molar-refractivity contribution is 0.0586. The molecule has 0 spiro atoms. The highest BCUT2D eigenvalue weighted by molar-refractivity contribution is 6.21. The first-order valence-electron chi connectivity index (χ1n) is 5.86. The summed E-state index contributed by atoms with van der Waals surface area (Å²) in [6.45, 7) is 0. The fraction of sp³-hybridized carbons (Fsp3) is 0.385. The van der Waals surface area contributed by atoms with E-state index in [1.165, 1.54) is 23.1 Å². The molecule has 1 saturated carbocycles. The first-order chi connectivity index (χ1) is 8.20. The standard InChI is InChI=1S/C13H12FNO2/c14-10-7-3-6-9-11(10)13(17)15(12(9)16)8-4-1-2-5-8/h3,6-8H,1-2,4-5H2. The average molecular weight is 233 g/mol. The maximum atomic E-state index is 13.6. The molecule has 17 heavy (non-hydrogen) atoms. The van der Waals surface area contributed by atoms with Gasteiger partial charge in [0.25, 0.3) is 11.8 Å². The molecule has 0 unspecified atom stereocenters. The number of halogens is 1. The van der Waals surface area contributed by atoms with Gasteiger partial charge in [-0.25, -0.2) is 4.39 Å². The molecule has 0 radical (unpaired) electrons. The molecule has 1 aromatic rings. The van der Waals surface area contributed by atoms with Crippen molar-refractivity contribution >= 4 is 11.8 Å². The minimum atomic E-state index is -0.596. The summed E-state index contributed by atoms with van der Waals surface area (Å²) in [7, 11) is 0. The van der Waals surface area contributed by atoms with Gasteiger partial charge >= 0.3 is 0 Å². The summed E-state index contributed by atoms with van der Waals surface area (Å²) in [5, 5.41) is 0. The second kappa shape index (κ2) is 3.65. The van der Waals surface area contributed by atoms with Gasteiger partial charge in [-0.15, -0.1) is 0 Å². The first kappa shape index (κ1) is 10.4. The topological polar surface area (TPSA) is 37.4 Å². The molecule has 4 heteroatoms. The van der Waals surface area contributed by atoms with Gasteiger partial charge in [-0.1, -0.05) is 18.9 Å². The van der Waals surface area contributed by atoms with Crippen LogP contribution in [0.2, 0.25) is 0 Å². The van der Waals surface area contributed by atoms with E-state index in [1.807, 2.05) is 0 Å². The zero-order chi connectivity index (χ0) is 12.0. The van der Waals surface area contributed by atoms with Crippen LogP contribution in [0.4, 0.5) is 4.39 Å². The van der Waals surface area contributed by atoms with Crippen molar-refractivity contribution in [3.05, 3.63) is 35.1 Å². The maximum absolute atomic E-state index is 13.6. The van der Waals surface area contributed by atoms with E-state index in [-0.39, 0.29) is 23.1 Å². The van der Waals surface area contributed by atoms with E-state index in [9.17, 15) is 14.0 Å². The molecular weight excluding hydrogens is 221 g/mol. The number of benzene rings is 1. The predicted octanol–water partition coefficient (Wildman–Crippen LogP) is 2.36. The summed E-state index contributed by atoms with van der Waals surface area (Å²) in [6, 6.07) is 4.18. The van der Waals surface area contributed by atoms with Gasteiger partial charge in [0.15, 0.2) is 0 Å². The van der Waals surface area contributed by atoms with Crippen LogP contribution in [0.25, 0.3) is 0 Å². The largest absolute Gasteiger partial charge is 0.271 e. The van der Waals surface area contributed by atoms with Crippen molar-refractivity contribution in [2.45, 2.75) is 31.7 Å². The normalized spacial score (nSPS) is 20.2. The van der Waals surface area contributed by atoms with E-state index in [4.69, 9.17) is 0 Å². The van der Waals surface area contributed by atoms with E-state index in [0.29, 0.717) is 0 Å². The highest BCUT2D eigenvalue weighted by Gasteiger charge is 2.42. The molecule has 1 aliphatic heterocycles. The molecule has 0 N–H and O–H groups in total. The van der Waals surface area contributed by atoms with E-state index < -0.39 is 11.7 Å². The maximum Gasteiger partial charge on any atom is 0.264 e. The second-order valence-electron chi connectivity index (χ2n) is 4.58. The number of hydrogen-bond acceptors (Lipinski definition) is 2. The van der Waals surface area contributed by atoms with Crippen molar-refractivity contribution in [3.63, 3.8) is 0 Å². The molecule has 0 aromatic heterocycles. The van der Waals surface area contributed by atoms with Crippen molar-refractivity contribution in [1.82, 2.24) is 4.90 Å². The van der Waals surface area contributed by atoms with Crippen molar-refractivity contribution in [2.24, 2.45) is 0 Å². The van der Waals surface area contributed by atoms with Crippen LogP contribution in [-0.2, 0) is 0 Å². The van der Waals surface area contributed by atoms with E-state index >= 15 is 0 Å². The third-order valence-corrected chi connectivity index (χ3v) is 3.59. The third-order valence-electron chi connectivity index (χ3n) is 3.59. The van der Waals surface area contributed by atoms with Crippen LogP contribution in [-0.4, -0.2) is 22.8 Å². The molecule has 1 aliphatic carbocycles. The van der Waals surface area contributed by atoms with Gasteiger partial charge in [0.1, 0.15) is 5.82 Å². The molecule has 2 amide bonds. The molecule has 1 heterocycles. The monoisotopic (exact) mass is 233 g/mol. The van der Waals surface area contributed by atoms with Crippen molar-refractivity contribution in [3.8, 4) is 0 Å². The fourth-order valence-corrected chi connectivity index (χ4v) is 2.76. The number of hydrogen-bond donors (Lipinski definition) is 0. The Hall–Kier alpha value is -1.71. The zero-order valence-corrected chi connectivity index (χ0v) is 9.28. The summed E-state index contributed by atoms with van der Waals surface area (Å²) >= 11 is 0. The van der Waals surface area contributed by atoms with Crippen LogP contribution >= 0.6 is 0 Å². The predicted molar refractivity (Wildman–Crippen MR) is 59.2 cm³/mol. The minimum Gasteiger partial charge on any atom is -0.271 e. The number of nitrogens with zero attached hydrogens (tertiary/aromatic N) is 1. The average Bonchev–Trinajstić information content (AvgIpc) is 2.88. The number of imide groups is 1. The Labute approximate surface area is 98.2 Å². The Morgan fingerprint density at radius 1 is 1.12 bits per heavy atom. The Morgan fingerprint density at radius 3 is 2.47 bits per heavy atom. The zero-order valence-electron chi connectivity index (χ0n) is 9.28. The van der Waals surface area contributed by atoms with Crippen LogP contribution in [0.3, 0.4) is 0 Å². The highest BCUT2D eigenvalue weighted by atomic mass is 19.1. The van der Waals surface area contributed by atoms with E-state index in [2.05, 4.69) is 0 Å². The lowest BCUT2D eigenvalue weighted by atomic mass is 10.1. The molecule has 1 fully saturated rings. The Bertz CT molecular complexity index is 506. The summed E-state index contributed by atoms with van der Waals surface area (Å²) in [6.07, 6.45) is 3.74.